The smallest absolute Gasteiger partial charge is 0.338 e. The first-order valence-electron chi connectivity index (χ1n) is 8.82. The van der Waals surface area contributed by atoms with E-state index in [1.807, 2.05) is 24.3 Å². The van der Waals surface area contributed by atoms with E-state index in [1.165, 1.54) is 0 Å². The zero-order valence-electron chi connectivity index (χ0n) is 15.8. The van der Waals surface area contributed by atoms with Gasteiger partial charge in [-0.1, -0.05) is 34.1 Å². The molecule has 1 unspecified atom stereocenters. The number of hydrogen-bond donors (Lipinski definition) is 2. The van der Waals surface area contributed by atoms with Gasteiger partial charge in [-0.2, -0.15) is 0 Å². The molecule has 0 aromatic heterocycles. The van der Waals surface area contributed by atoms with Crippen LogP contribution in [0.2, 0.25) is 0 Å². The van der Waals surface area contributed by atoms with Crippen LogP contribution in [0.5, 0.6) is 5.75 Å². The highest BCUT2D eigenvalue weighted by Crippen LogP contribution is 2.35. The monoisotopic (exact) mass is 444 g/mol. The third kappa shape index (κ3) is 4.20. The average Bonchev–Trinajstić information content (AvgIpc) is 2.67. The third-order valence-corrected chi connectivity index (χ3v) is 4.95. The summed E-state index contributed by atoms with van der Waals surface area (Å²) in [6, 6.07) is 13.5. The normalized spacial score (nSPS) is 16.5. The second-order valence-corrected chi connectivity index (χ2v) is 7.38. The first-order chi connectivity index (χ1) is 13.4. The SMILES string of the molecule is COc1ccc(C2=C(C(=O)OC(C)C)C(c3ccccc3Br)NC(=O)N2)cc1. The van der Waals surface area contributed by atoms with Crippen molar-refractivity contribution in [2.75, 3.05) is 7.11 Å². The van der Waals surface area contributed by atoms with Gasteiger partial charge in [0.1, 0.15) is 5.75 Å². The molecule has 0 fully saturated rings. The fraction of sp³-hybridized carbons (Fsp3) is 0.238. The molecule has 2 N–H and O–H groups in total. The summed E-state index contributed by atoms with van der Waals surface area (Å²) in [5.41, 5.74) is 2.20. The molecular weight excluding hydrogens is 424 g/mol. The van der Waals surface area contributed by atoms with Gasteiger partial charge in [0, 0.05) is 4.47 Å². The number of hydrogen-bond acceptors (Lipinski definition) is 4. The van der Waals surface area contributed by atoms with Gasteiger partial charge in [0.05, 0.1) is 30.5 Å². The molecule has 7 heteroatoms. The van der Waals surface area contributed by atoms with Crippen molar-refractivity contribution >= 4 is 33.6 Å². The molecule has 1 heterocycles. The summed E-state index contributed by atoms with van der Waals surface area (Å²) in [5, 5.41) is 5.60. The van der Waals surface area contributed by atoms with Gasteiger partial charge in [-0.25, -0.2) is 9.59 Å². The summed E-state index contributed by atoms with van der Waals surface area (Å²) >= 11 is 3.51. The number of methoxy groups -OCH3 is 1. The fourth-order valence-electron chi connectivity index (χ4n) is 2.99. The fourth-order valence-corrected chi connectivity index (χ4v) is 3.50. The number of benzene rings is 2. The third-order valence-electron chi connectivity index (χ3n) is 4.23. The zero-order chi connectivity index (χ0) is 20.3. The minimum absolute atomic E-state index is 0.297. The molecule has 0 radical (unpaired) electrons. The van der Waals surface area contributed by atoms with E-state index in [0.717, 1.165) is 10.0 Å². The van der Waals surface area contributed by atoms with E-state index in [9.17, 15) is 9.59 Å². The van der Waals surface area contributed by atoms with Crippen molar-refractivity contribution in [3.05, 3.63) is 69.7 Å². The molecular formula is C21H21BrN2O4. The van der Waals surface area contributed by atoms with Crippen molar-refractivity contribution < 1.29 is 19.1 Å². The second kappa shape index (κ2) is 8.48. The highest BCUT2D eigenvalue weighted by atomic mass is 79.9. The van der Waals surface area contributed by atoms with E-state index in [-0.39, 0.29) is 6.10 Å². The van der Waals surface area contributed by atoms with E-state index in [0.29, 0.717) is 22.6 Å². The van der Waals surface area contributed by atoms with Crippen LogP contribution < -0.4 is 15.4 Å². The summed E-state index contributed by atoms with van der Waals surface area (Å²) < 4.78 is 11.5. The molecule has 2 amide bonds. The maximum absolute atomic E-state index is 13.0. The molecule has 1 aliphatic heterocycles. The molecule has 0 aliphatic carbocycles. The Hall–Kier alpha value is -2.80. The quantitative estimate of drug-likeness (QED) is 0.678. The van der Waals surface area contributed by atoms with E-state index in [4.69, 9.17) is 9.47 Å². The summed E-state index contributed by atoms with van der Waals surface area (Å²) in [5.74, 6) is 0.187. The minimum atomic E-state index is -0.660. The second-order valence-electron chi connectivity index (χ2n) is 6.52. The van der Waals surface area contributed by atoms with Crippen LogP contribution >= 0.6 is 15.9 Å². The van der Waals surface area contributed by atoms with Gasteiger partial charge >= 0.3 is 12.0 Å². The van der Waals surface area contributed by atoms with Crippen LogP contribution in [-0.2, 0) is 9.53 Å². The van der Waals surface area contributed by atoms with Crippen LogP contribution in [-0.4, -0.2) is 25.2 Å². The summed E-state index contributed by atoms with van der Waals surface area (Å²) in [6.07, 6.45) is -0.297. The largest absolute Gasteiger partial charge is 0.497 e. The highest BCUT2D eigenvalue weighted by molar-refractivity contribution is 9.10. The lowest BCUT2D eigenvalue weighted by Crippen LogP contribution is -2.45. The predicted molar refractivity (Wildman–Crippen MR) is 110 cm³/mol. The highest BCUT2D eigenvalue weighted by Gasteiger charge is 2.35. The first-order valence-corrected chi connectivity index (χ1v) is 9.61. The molecule has 0 saturated heterocycles. The van der Waals surface area contributed by atoms with E-state index in [1.54, 1.807) is 45.2 Å². The maximum atomic E-state index is 13.0. The molecule has 146 valence electrons. The predicted octanol–water partition coefficient (Wildman–Crippen LogP) is 4.17. The topological polar surface area (TPSA) is 76.7 Å². The Labute approximate surface area is 172 Å². The van der Waals surface area contributed by atoms with Crippen molar-refractivity contribution in [2.45, 2.75) is 26.0 Å². The molecule has 2 aromatic rings. The first kappa shape index (κ1) is 19.9. The number of rotatable bonds is 5. The van der Waals surface area contributed by atoms with Crippen molar-refractivity contribution in [2.24, 2.45) is 0 Å². The molecule has 3 rings (SSSR count). The van der Waals surface area contributed by atoms with Crippen LogP contribution in [0.3, 0.4) is 0 Å². The van der Waals surface area contributed by atoms with Gasteiger partial charge in [0.25, 0.3) is 0 Å². The Morgan fingerprint density at radius 2 is 1.79 bits per heavy atom. The van der Waals surface area contributed by atoms with Crippen LogP contribution in [0.1, 0.15) is 31.0 Å². The molecule has 0 spiro atoms. The number of esters is 1. The van der Waals surface area contributed by atoms with Crippen LogP contribution in [0, 0.1) is 0 Å². The van der Waals surface area contributed by atoms with Crippen molar-refractivity contribution in [3.63, 3.8) is 0 Å². The molecule has 28 heavy (non-hydrogen) atoms. The Bertz CT molecular complexity index is 922. The number of amides is 2. The van der Waals surface area contributed by atoms with Gasteiger partial charge in [0.2, 0.25) is 0 Å². The number of ether oxygens (including phenoxy) is 2. The van der Waals surface area contributed by atoms with Crippen LogP contribution in [0.4, 0.5) is 4.79 Å². The minimum Gasteiger partial charge on any atom is -0.497 e. The lowest BCUT2D eigenvalue weighted by atomic mass is 9.92. The molecule has 2 aromatic carbocycles. The Morgan fingerprint density at radius 3 is 2.39 bits per heavy atom. The Balaban J connectivity index is 2.18. The Kier molecular flexibility index (Phi) is 6.04. The number of halogens is 1. The van der Waals surface area contributed by atoms with Crippen LogP contribution in [0.15, 0.2) is 58.6 Å². The van der Waals surface area contributed by atoms with E-state index in [2.05, 4.69) is 26.6 Å². The number of nitrogens with one attached hydrogen (secondary N) is 2. The zero-order valence-corrected chi connectivity index (χ0v) is 17.4. The standard InChI is InChI=1S/C21H21BrN2O4/c1-12(2)28-20(25)17-18(13-8-10-14(27-3)11-9-13)23-21(26)24-19(17)15-6-4-5-7-16(15)22/h4-12,19H,1-3H3,(H2,23,24,26). The van der Waals surface area contributed by atoms with Gasteiger partial charge in [-0.15, -0.1) is 0 Å². The van der Waals surface area contributed by atoms with Gasteiger partial charge in [-0.3, -0.25) is 0 Å². The number of carbonyl (C=O) groups excluding carboxylic acids is 2. The maximum Gasteiger partial charge on any atom is 0.338 e. The Morgan fingerprint density at radius 1 is 1.11 bits per heavy atom. The van der Waals surface area contributed by atoms with E-state index >= 15 is 0 Å². The number of urea groups is 1. The lowest BCUT2D eigenvalue weighted by Gasteiger charge is -2.30. The van der Waals surface area contributed by atoms with Gasteiger partial charge in [0.15, 0.2) is 0 Å². The van der Waals surface area contributed by atoms with Gasteiger partial charge < -0.3 is 20.1 Å². The van der Waals surface area contributed by atoms with Crippen molar-refractivity contribution in [3.8, 4) is 5.75 Å². The lowest BCUT2D eigenvalue weighted by molar-refractivity contribution is -0.143. The van der Waals surface area contributed by atoms with E-state index < -0.39 is 18.0 Å². The molecule has 1 atom stereocenters. The molecule has 6 nitrogen and oxygen atoms in total. The van der Waals surface area contributed by atoms with Gasteiger partial charge in [-0.05, 0) is 55.3 Å². The number of carbonyl (C=O) groups is 2. The van der Waals surface area contributed by atoms with Crippen molar-refractivity contribution in [1.82, 2.24) is 10.6 Å². The summed E-state index contributed by atoms with van der Waals surface area (Å²) in [6.45, 7) is 3.57. The average molecular weight is 445 g/mol. The summed E-state index contributed by atoms with van der Waals surface area (Å²) in [7, 11) is 1.58. The molecule has 0 saturated carbocycles. The van der Waals surface area contributed by atoms with Crippen molar-refractivity contribution in [1.29, 1.82) is 0 Å². The summed E-state index contributed by atoms with van der Waals surface area (Å²) in [4.78, 5) is 25.4. The molecule has 0 bridgehead atoms. The van der Waals surface area contributed by atoms with Crippen LogP contribution in [0.25, 0.3) is 5.70 Å². The molecule has 1 aliphatic rings.